The molecule has 0 bridgehead atoms. The standard InChI is InChI=1S/C19H32N2/c1-6-18(15(4)5)21-13-17(14(2)3)20-12-19(21)16-10-8-7-9-11-16/h7-11,14-15,17-20H,6,12-13H2,1-5H3. The molecule has 118 valence electrons. The van der Waals surface area contributed by atoms with E-state index in [2.05, 4.69) is 75.2 Å². The van der Waals surface area contributed by atoms with Crippen molar-refractivity contribution >= 4 is 0 Å². The van der Waals surface area contributed by atoms with Crippen molar-refractivity contribution < 1.29 is 0 Å². The zero-order chi connectivity index (χ0) is 15.4. The van der Waals surface area contributed by atoms with Gasteiger partial charge >= 0.3 is 0 Å². The van der Waals surface area contributed by atoms with Crippen LogP contribution in [0.5, 0.6) is 0 Å². The number of hydrogen-bond acceptors (Lipinski definition) is 2. The van der Waals surface area contributed by atoms with Crippen LogP contribution in [0.4, 0.5) is 0 Å². The number of piperazine rings is 1. The molecule has 3 unspecified atom stereocenters. The van der Waals surface area contributed by atoms with Crippen molar-refractivity contribution in [3.8, 4) is 0 Å². The summed E-state index contributed by atoms with van der Waals surface area (Å²) in [6.45, 7) is 13.9. The Morgan fingerprint density at radius 3 is 2.33 bits per heavy atom. The summed E-state index contributed by atoms with van der Waals surface area (Å²) in [5, 5.41) is 3.77. The second-order valence-electron chi connectivity index (χ2n) is 7.10. The first kappa shape index (κ1) is 16.5. The number of benzene rings is 1. The second-order valence-corrected chi connectivity index (χ2v) is 7.10. The van der Waals surface area contributed by atoms with Crippen molar-refractivity contribution in [2.45, 2.75) is 59.2 Å². The Bertz CT molecular complexity index is 413. The van der Waals surface area contributed by atoms with Gasteiger partial charge in [0.2, 0.25) is 0 Å². The lowest BCUT2D eigenvalue weighted by Crippen LogP contribution is -2.57. The van der Waals surface area contributed by atoms with Gasteiger partial charge in [-0.05, 0) is 23.8 Å². The SMILES string of the molecule is CCC(C(C)C)N1CC(C(C)C)NCC1c1ccccc1. The molecule has 1 fully saturated rings. The van der Waals surface area contributed by atoms with Crippen LogP contribution < -0.4 is 5.32 Å². The van der Waals surface area contributed by atoms with Gasteiger partial charge in [0.15, 0.2) is 0 Å². The Hall–Kier alpha value is -0.860. The minimum Gasteiger partial charge on any atom is -0.311 e. The van der Waals surface area contributed by atoms with Gasteiger partial charge in [-0.15, -0.1) is 0 Å². The molecule has 0 amide bonds. The predicted molar refractivity (Wildman–Crippen MR) is 91.4 cm³/mol. The predicted octanol–water partition coefficient (Wildman–Crippen LogP) is 4.09. The largest absolute Gasteiger partial charge is 0.311 e. The molecular formula is C19H32N2. The highest BCUT2D eigenvalue weighted by Crippen LogP contribution is 2.30. The third-order valence-corrected chi connectivity index (χ3v) is 4.98. The zero-order valence-electron chi connectivity index (χ0n) is 14.3. The van der Waals surface area contributed by atoms with Gasteiger partial charge in [0.25, 0.3) is 0 Å². The van der Waals surface area contributed by atoms with Crippen molar-refractivity contribution in [3.63, 3.8) is 0 Å². The van der Waals surface area contributed by atoms with Crippen molar-refractivity contribution in [3.05, 3.63) is 35.9 Å². The summed E-state index contributed by atoms with van der Waals surface area (Å²) >= 11 is 0. The average Bonchev–Trinajstić information content (AvgIpc) is 2.48. The first-order valence-corrected chi connectivity index (χ1v) is 8.58. The van der Waals surface area contributed by atoms with Gasteiger partial charge in [-0.1, -0.05) is 65.0 Å². The Labute approximate surface area is 130 Å². The molecule has 0 radical (unpaired) electrons. The van der Waals surface area contributed by atoms with E-state index in [1.54, 1.807) is 0 Å². The van der Waals surface area contributed by atoms with Gasteiger partial charge in [-0.3, -0.25) is 4.90 Å². The van der Waals surface area contributed by atoms with Gasteiger partial charge < -0.3 is 5.32 Å². The highest BCUT2D eigenvalue weighted by molar-refractivity contribution is 5.20. The summed E-state index contributed by atoms with van der Waals surface area (Å²) < 4.78 is 0. The molecule has 2 rings (SSSR count). The first-order valence-electron chi connectivity index (χ1n) is 8.58. The molecule has 21 heavy (non-hydrogen) atoms. The van der Waals surface area contributed by atoms with Crippen LogP contribution in [0.3, 0.4) is 0 Å². The van der Waals surface area contributed by atoms with E-state index < -0.39 is 0 Å². The van der Waals surface area contributed by atoms with Crippen LogP contribution in [0.1, 0.15) is 52.6 Å². The van der Waals surface area contributed by atoms with E-state index in [1.807, 2.05) is 0 Å². The highest BCUT2D eigenvalue weighted by Gasteiger charge is 2.34. The third kappa shape index (κ3) is 3.87. The molecule has 0 aliphatic carbocycles. The fraction of sp³-hybridized carbons (Fsp3) is 0.684. The third-order valence-electron chi connectivity index (χ3n) is 4.98. The topological polar surface area (TPSA) is 15.3 Å². The maximum absolute atomic E-state index is 3.77. The van der Waals surface area contributed by atoms with E-state index in [-0.39, 0.29) is 0 Å². The van der Waals surface area contributed by atoms with Crippen molar-refractivity contribution in [2.24, 2.45) is 11.8 Å². The quantitative estimate of drug-likeness (QED) is 0.878. The molecule has 0 aromatic heterocycles. The lowest BCUT2D eigenvalue weighted by atomic mass is 9.90. The maximum Gasteiger partial charge on any atom is 0.0476 e. The molecule has 1 aromatic carbocycles. The summed E-state index contributed by atoms with van der Waals surface area (Å²) in [5.41, 5.74) is 1.45. The highest BCUT2D eigenvalue weighted by atomic mass is 15.3. The normalized spacial score (nSPS) is 25.5. The van der Waals surface area contributed by atoms with Gasteiger partial charge in [-0.2, -0.15) is 0 Å². The molecular weight excluding hydrogens is 256 g/mol. The smallest absolute Gasteiger partial charge is 0.0476 e. The van der Waals surface area contributed by atoms with Crippen molar-refractivity contribution in [2.75, 3.05) is 13.1 Å². The van der Waals surface area contributed by atoms with E-state index in [4.69, 9.17) is 0 Å². The lowest BCUT2D eigenvalue weighted by molar-refractivity contribution is 0.0455. The van der Waals surface area contributed by atoms with Gasteiger partial charge in [0.1, 0.15) is 0 Å². The lowest BCUT2D eigenvalue weighted by Gasteiger charge is -2.47. The second kappa shape index (κ2) is 7.42. The summed E-state index contributed by atoms with van der Waals surface area (Å²) in [4.78, 5) is 2.77. The molecule has 1 aromatic rings. The summed E-state index contributed by atoms with van der Waals surface area (Å²) in [6.07, 6.45) is 1.23. The number of nitrogens with one attached hydrogen (secondary N) is 1. The maximum atomic E-state index is 3.77. The van der Waals surface area contributed by atoms with Crippen LogP contribution in [-0.4, -0.2) is 30.1 Å². The fourth-order valence-electron chi connectivity index (χ4n) is 3.69. The van der Waals surface area contributed by atoms with Crippen LogP contribution >= 0.6 is 0 Å². The molecule has 2 nitrogen and oxygen atoms in total. The Kier molecular flexibility index (Phi) is 5.83. The van der Waals surface area contributed by atoms with E-state index in [0.717, 1.165) is 13.1 Å². The molecule has 1 aliphatic heterocycles. The monoisotopic (exact) mass is 288 g/mol. The summed E-state index contributed by atoms with van der Waals surface area (Å²) in [6, 6.07) is 12.8. The Morgan fingerprint density at radius 1 is 1.14 bits per heavy atom. The van der Waals surface area contributed by atoms with Crippen LogP contribution in [0.15, 0.2) is 30.3 Å². The fourth-order valence-corrected chi connectivity index (χ4v) is 3.69. The minimum absolute atomic E-state index is 0.508. The number of nitrogens with zero attached hydrogens (tertiary/aromatic N) is 1. The van der Waals surface area contributed by atoms with Crippen LogP contribution in [0, 0.1) is 11.8 Å². The Morgan fingerprint density at radius 2 is 1.81 bits per heavy atom. The molecule has 1 saturated heterocycles. The summed E-state index contributed by atoms with van der Waals surface area (Å²) in [7, 11) is 0. The van der Waals surface area contributed by atoms with Crippen LogP contribution in [0.2, 0.25) is 0 Å². The van der Waals surface area contributed by atoms with Gasteiger partial charge in [0.05, 0.1) is 0 Å². The van der Waals surface area contributed by atoms with E-state index in [0.29, 0.717) is 30.0 Å². The van der Waals surface area contributed by atoms with Gasteiger partial charge in [0, 0.05) is 31.2 Å². The average molecular weight is 288 g/mol. The molecule has 1 heterocycles. The molecule has 1 aliphatic rings. The van der Waals surface area contributed by atoms with E-state index in [9.17, 15) is 0 Å². The number of hydrogen-bond donors (Lipinski definition) is 1. The zero-order valence-corrected chi connectivity index (χ0v) is 14.3. The molecule has 0 saturated carbocycles. The molecule has 1 N–H and O–H groups in total. The number of rotatable bonds is 5. The molecule has 3 atom stereocenters. The summed E-state index contributed by atoms with van der Waals surface area (Å²) in [5.74, 6) is 1.39. The minimum atomic E-state index is 0.508. The van der Waals surface area contributed by atoms with Crippen LogP contribution in [0.25, 0.3) is 0 Å². The Balaban J connectivity index is 2.25. The van der Waals surface area contributed by atoms with Crippen molar-refractivity contribution in [1.29, 1.82) is 0 Å². The van der Waals surface area contributed by atoms with E-state index >= 15 is 0 Å². The van der Waals surface area contributed by atoms with Crippen molar-refractivity contribution in [1.82, 2.24) is 10.2 Å². The van der Waals surface area contributed by atoms with E-state index in [1.165, 1.54) is 12.0 Å². The first-order chi connectivity index (χ1) is 10.0. The molecule has 0 spiro atoms. The van der Waals surface area contributed by atoms with Gasteiger partial charge in [-0.25, -0.2) is 0 Å². The van der Waals surface area contributed by atoms with Crippen LogP contribution in [-0.2, 0) is 0 Å². The molecule has 2 heteroatoms.